The Morgan fingerprint density at radius 3 is 2.71 bits per heavy atom. The van der Waals surface area contributed by atoms with Crippen LogP contribution in [0.15, 0.2) is 83.3 Å². The van der Waals surface area contributed by atoms with E-state index in [-0.39, 0.29) is 28.4 Å². The van der Waals surface area contributed by atoms with Crippen molar-refractivity contribution in [3.05, 3.63) is 100 Å². The van der Waals surface area contributed by atoms with Crippen molar-refractivity contribution in [2.75, 3.05) is 12.4 Å². The number of carbonyl (C=O) groups excluding carboxylic acids is 1. The van der Waals surface area contributed by atoms with E-state index in [9.17, 15) is 19.2 Å². The van der Waals surface area contributed by atoms with Gasteiger partial charge in [-0.05, 0) is 42.5 Å². The van der Waals surface area contributed by atoms with E-state index in [2.05, 4.69) is 10.3 Å². The maximum atomic E-state index is 14.2. The molecule has 0 fully saturated rings. The Morgan fingerprint density at radius 1 is 1.15 bits per heavy atom. The number of ether oxygens (including phenoxy) is 2. The largest absolute Gasteiger partial charge is 0.497 e. The van der Waals surface area contributed by atoms with Gasteiger partial charge in [0.05, 0.1) is 7.11 Å². The molecule has 0 saturated carbocycles. The molecule has 0 spiro atoms. The summed E-state index contributed by atoms with van der Waals surface area (Å²) in [5.41, 5.74) is -0.531. The molecule has 1 N–H and O–H groups in total. The van der Waals surface area contributed by atoms with Crippen molar-refractivity contribution in [3.63, 3.8) is 0 Å². The maximum absolute atomic E-state index is 14.2. The molecule has 4 rings (SSSR count). The summed E-state index contributed by atoms with van der Waals surface area (Å²) in [6, 6.07) is 18.8. The number of para-hydroxylation sites is 1. The van der Waals surface area contributed by atoms with Gasteiger partial charge in [0.25, 0.3) is 11.5 Å². The first-order valence-electron chi connectivity index (χ1n) is 10.0. The monoisotopic (exact) mass is 456 g/mol. The first-order valence-corrected chi connectivity index (χ1v) is 10.0. The lowest BCUT2D eigenvalue weighted by molar-refractivity contribution is -0.112. The lowest BCUT2D eigenvalue weighted by atomic mass is 10.1. The second-order valence-electron chi connectivity index (χ2n) is 6.95. The molecule has 0 radical (unpaired) electrons. The molecule has 0 saturated heterocycles. The predicted octanol–water partition coefficient (Wildman–Crippen LogP) is 4.18. The fourth-order valence-electron chi connectivity index (χ4n) is 3.11. The number of amides is 1. The third-order valence-corrected chi connectivity index (χ3v) is 4.76. The van der Waals surface area contributed by atoms with Gasteiger partial charge in [-0.25, -0.2) is 4.39 Å². The van der Waals surface area contributed by atoms with Gasteiger partial charge in [0.2, 0.25) is 5.88 Å². The van der Waals surface area contributed by atoms with Crippen LogP contribution in [0, 0.1) is 17.1 Å². The molecule has 2 heterocycles. The molecule has 9 heteroatoms. The van der Waals surface area contributed by atoms with Crippen LogP contribution in [0.3, 0.4) is 0 Å². The van der Waals surface area contributed by atoms with E-state index in [0.29, 0.717) is 11.4 Å². The number of benzene rings is 2. The van der Waals surface area contributed by atoms with Crippen molar-refractivity contribution in [3.8, 4) is 23.4 Å². The van der Waals surface area contributed by atoms with Crippen molar-refractivity contribution in [2.45, 2.75) is 0 Å². The molecule has 0 unspecified atom stereocenters. The molecule has 0 atom stereocenters. The summed E-state index contributed by atoms with van der Waals surface area (Å²) in [6.07, 6.45) is 2.55. The van der Waals surface area contributed by atoms with E-state index in [0.717, 1.165) is 6.08 Å². The number of nitrogens with one attached hydrogen (secondary N) is 1. The number of aromatic nitrogens is 2. The SMILES string of the molecule is COc1cccc(NC(=O)/C(C#N)=C\c2c(Oc3ccccc3F)nc3ccccn3c2=O)c1. The molecular weight excluding hydrogens is 439 g/mol. The summed E-state index contributed by atoms with van der Waals surface area (Å²) >= 11 is 0. The Morgan fingerprint density at radius 2 is 1.94 bits per heavy atom. The molecule has 1 amide bonds. The third kappa shape index (κ3) is 4.61. The number of hydrogen-bond acceptors (Lipinski definition) is 6. The number of anilines is 1. The van der Waals surface area contributed by atoms with E-state index in [1.807, 2.05) is 0 Å². The normalized spacial score (nSPS) is 11.0. The number of fused-ring (bicyclic) bond motifs is 1. The summed E-state index contributed by atoms with van der Waals surface area (Å²) in [5.74, 6) is -1.32. The number of nitrogens with zero attached hydrogens (tertiary/aromatic N) is 3. The van der Waals surface area contributed by atoms with Crippen LogP contribution in [-0.2, 0) is 4.79 Å². The number of nitriles is 1. The van der Waals surface area contributed by atoms with Crippen LogP contribution in [0.4, 0.5) is 10.1 Å². The Bertz CT molecular complexity index is 1520. The number of methoxy groups -OCH3 is 1. The molecule has 0 bridgehead atoms. The zero-order valence-corrected chi connectivity index (χ0v) is 17.9. The highest BCUT2D eigenvalue weighted by molar-refractivity contribution is 6.09. The lowest BCUT2D eigenvalue weighted by Crippen LogP contribution is -2.20. The van der Waals surface area contributed by atoms with Crippen molar-refractivity contribution < 1.29 is 18.7 Å². The zero-order chi connectivity index (χ0) is 24.1. The van der Waals surface area contributed by atoms with Gasteiger partial charge in [-0.2, -0.15) is 10.2 Å². The molecule has 0 aliphatic rings. The lowest BCUT2D eigenvalue weighted by Gasteiger charge is -2.11. The zero-order valence-electron chi connectivity index (χ0n) is 17.9. The number of halogens is 1. The Kier molecular flexibility index (Phi) is 6.32. The van der Waals surface area contributed by atoms with Gasteiger partial charge in [0, 0.05) is 18.0 Å². The Balaban J connectivity index is 1.80. The average Bonchev–Trinajstić information content (AvgIpc) is 2.85. The van der Waals surface area contributed by atoms with Crippen LogP contribution in [0.1, 0.15) is 5.56 Å². The first kappa shape index (κ1) is 22.2. The molecule has 2 aromatic heterocycles. The number of pyridine rings is 1. The summed E-state index contributed by atoms with van der Waals surface area (Å²) < 4.78 is 26.2. The van der Waals surface area contributed by atoms with Gasteiger partial charge in [-0.1, -0.05) is 24.3 Å². The third-order valence-electron chi connectivity index (χ3n) is 4.76. The van der Waals surface area contributed by atoms with Crippen molar-refractivity contribution in [1.82, 2.24) is 9.38 Å². The van der Waals surface area contributed by atoms with Gasteiger partial charge in [0.1, 0.15) is 28.6 Å². The Labute approximate surface area is 193 Å². The smallest absolute Gasteiger partial charge is 0.269 e. The quantitative estimate of drug-likeness (QED) is 0.345. The van der Waals surface area contributed by atoms with Gasteiger partial charge in [-0.3, -0.25) is 14.0 Å². The van der Waals surface area contributed by atoms with Crippen LogP contribution in [0.25, 0.3) is 11.7 Å². The number of rotatable bonds is 6. The van der Waals surface area contributed by atoms with Crippen LogP contribution in [0.5, 0.6) is 17.4 Å². The van der Waals surface area contributed by atoms with E-state index >= 15 is 0 Å². The fraction of sp³-hybridized carbons (Fsp3) is 0.0400. The second-order valence-corrected chi connectivity index (χ2v) is 6.95. The number of hydrogen-bond donors (Lipinski definition) is 1. The van der Waals surface area contributed by atoms with Crippen molar-refractivity contribution in [2.24, 2.45) is 0 Å². The van der Waals surface area contributed by atoms with Gasteiger partial charge in [0.15, 0.2) is 11.6 Å². The second kappa shape index (κ2) is 9.67. The standard InChI is InChI=1S/C25H17FN4O4/c1-33-18-8-6-7-17(14-18)28-23(31)16(15-27)13-19-24(34-21-10-3-2-9-20(21)26)29-22-11-4-5-12-30(22)25(19)32/h2-14H,1H3,(H,28,31)/b16-13-. The van der Waals surface area contributed by atoms with Crippen LogP contribution in [-0.4, -0.2) is 22.4 Å². The van der Waals surface area contributed by atoms with Crippen molar-refractivity contribution >= 4 is 23.3 Å². The van der Waals surface area contributed by atoms with Gasteiger partial charge >= 0.3 is 0 Å². The highest BCUT2D eigenvalue weighted by Crippen LogP contribution is 2.26. The molecular formula is C25H17FN4O4. The summed E-state index contributed by atoms with van der Waals surface area (Å²) in [7, 11) is 1.48. The molecule has 2 aromatic carbocycles. The highest BCUT2D eigenvalue weighted by Gasteiger charge is 2.18. The summed E-state index contributed by atoms with van der Waals surface area (Å²) in [4.78, 5) is 30.3. The first-order chi connectivity index (χ1) is 16.5. The van der Waals surface area contributed by atoms with E-state index in [1.54, 1.807) is 54.6 Å². The van der Waals surface area contributed by atoms with Crippen molar-refractivity contribution in [1.29, 1.82) is 5.26 Å². The fourth-order valence-corrected chi connectivity index (χ4v) is 3.11. The topological polar surface area (TPSA) is 106 Å². The molecule has 34 heavy (non-hydrogen) atoms. The Hall–Kier alpha value is -4.97. The van der Waals surface area contributed by atoms with E-state index < -0.39 is 17.3 Å². The van der Waals surface area contributed by atoms with Crippen LogP contribution >= 0.6 is 0 Å². The minimum Gasteiger partial charge on any atom is -0.497 e. The summed E-state index contributed by atoms with van der Waals surface area (Å²) in [5, 5.41) is 12.2. The number of carbonyl (C=O) groups is 1. The maximum Gasteiger partial charge on any atom is 0.269 e. The van der Waals surface area contributed by atoms with E-state index in [4.69, 9.17) is 9.47 Å². The minimum absolute atomic E-state index is 0.163. The van der Waals surface area contributed by atoms with E-state index in [1.165, 1.54) is 35.9 Å². The van der Waals surface area contributed by atoms with Gasteiger partial charge in [-0.15, -0.1) is 0 Å². The van der Waals surface area contributed by atoms with Gasteiger partial charge < -0.3 is 14.8 Å². The average molecular weight is 456 g/mol. The predicted molar refractivity (Wildman–Crippen MR) is 123 cm³/mol. The molecule has 0 aliphatic heterocycles. The molecule has 8 nitrogen and oxygen atoms in total. The highest BCUT2D eigenvalue weighted by atomic mass is 19.1. The summed E-state index contributed by atoms with van der Waals surface area (Å²) in [6.45, 7) is 0. The molecule has 0 aliphatic carbocycles. The van der Waals surface area contributed by atoms with Crippen LogP contribution < -0.4 is 20.3 Å². The van der Waals surface area contributed by atoms with Crippen LogP contribution in [0.2, 0.25) is 0 Å². The minimum atomic E-state index is -0.759. The molecule has 168 valence electrons. The molecule has 4 aromatic rings.